The highest BCUT2D eigenvalue weighted by atomic mass is 16.3. The van der Waals surface area contributed by atoms with Crippen molar-refractivity contribution in [1.29, 1.82) is 0 Å². The smallest absolute Gasteiger partial charge is 0.245 e. The van der Waals surface area contributed by atoms with E-state index in [1.54, 1.807) is 6.20 Å². The van der Waals surface area contributed by atoms with Crippen LogP contribution in [0.25, 0.3) is 0 Å². The number of aryl methyl sites for hydroxylation is 2. The normalized spacial score (nSPS) is 11.6. The molecular formula is C26H32N4O2. The quantitative estimate of drug-likeness (QED) is 0.373. The van der Waals surface area contributed by atoms with Gasteiger partial charge < -0.3 is 21.1 Å². The zero-order valence-electron chi connectivity index (χ0n) is 18.8. The van der Waals surface area contributed by atoms with Gasteiger partial charge >= 0.3 is 0 Å². The molecule has 0 spiro atoms. The number of anilines is 2. The molecule has 0 aliphatic carbocycles. The molecule has 32 heavy (non-hydrogen) atoms. The second-order valence-electron chi connectivity index (χ2n) is 8.06. The van der Waals surface area contributed by atoms with Crippen LogP contribution in [0.2, 0.25) is 0 Å². The fraction of sp³-hybridized carbons (Fsp3) is 0.308. The zero-order valence-corrected chi connectivity index (χ0v) is 18.8. The van der Waals surface area contributed by atoms with Gasteiger partial charge in [-0.2, -0.15) is 0 Å². The van der Waals surface area contributed by atoms with Crippen molar-refractivity contribution in [2.24, 2.45) is 0 Å². The summed E-state index contributed by atoms with van der Waals surface area (Å²) in [6.45, 7) is 4.79. The minimum absolute atomic E-state index is 0.0826. The number of nitrogens with one attached hydrogen (secondary N) is 3. The van der Waals surface area contributed by atoms with Gasteiger partial charge in [-0.1, -0.05) is 59.7 Å². The SMILES string of the molecule is Cc1ccc(CCNc2cccnc2N[C@H](CNC(=O)CO)Cc2ccc(C)cc2)cc1. The summed E-state index contributed by atoms with van der Waals surface area (Å²) in [7, 11) is 0. The Bertz CT molecular complexity index is 987. The molecule has 3 aromatic rings. The average molecular weight is 433 g/mol. The van der Waals surface area contributed by atoms with Crippen LogP contribution in [0, 0.1) is 13.8 Å². The van der Waals surface area contributed by atoms with Crippen molar-refractivity contribution >= 4 is 17.4 Å². The Kier molecular flexibility index (Phi) is 8.63. The lowest BCUT2D eigenvalue weighted by molar-refractivity contribution is -0.123. The Balaban J connectivity index is 1.66. The number of carbonyl (C=O) groups is 1. The van der Waals surface area contributed by atoms with E-state index in [1.165, 1.54) is 16.7 Å². The molecule has 0 fully saturated rings. The number of hydrogen-bond donors (Lipinski definition) is 4. The second kappa shape index (κ2) is 11.9. The van der Waals surface area contributed by atoms with Gasteiger partial charge in [0.15, 0.2) is 0 Å². The summed E-state index contributed by atoms with van der Waals surface area (Å²) in [6, 6.07) is 20.7. The van der Waals surface area contributed by atoms with Gasteiger partial charge in [0.05, 0.1) is 5.69 Å². The number of aromatic nitrogens is 1. The van der Waals surface area contributed by atoms with Crippen molar-refractivity contribution < 1.29 is 9.90 Å². The Morgan fingerprint density at radius 3 is 2.28 bits per heavy atom. The number of amides is 1. The van der Waals surface area contributed by atoms with Crippen LogP contribution in [0.5, 0.6) is 0 Å². The first-order valence-corrected chi connectivity index (χ1v) is 11.0. The van der Waals surface area contributed by atoms with Crippen LogP contribution in [0.1, 0.15) is 22.3 Å². The van der Waals surface area contributed by atoms with Gasteiger partial charge in [-0.25, -0.2) is 4.98 Å². The fourth-order valence-electron chi connectivity index (χ4n) is 3.43. The molecule has 0 radical (unpaired) electrons. The molecule has 0 saturated heterocycles. The van der Waals surface area contributed by atoms with Gasteiger partial charge in [-0.05, 0) is 49.9 Å². The van der Waals surface area contributed by atoms with Crippen molar-refractivity contribution in [3.63, 3.8) is 0 Å². The third kappa shape index (κ3) is 7.39. The third-order valence-electron chi connectivity index (χ3n) is 5.29. The first-order valence-electron chi connectivity index (χ1n) is 11.0. The number of nitrogens with zero attached hydrogens (tertiary/aromatic N) is 1. The first-order chi connectivity index (χ1) is 15.5. The molecule has 0 bridgehead atoms. The van der Waals surface area contributed by atoms with E-state index in [2.05, 4.69) is 83.3 Å². The first kappa shape index (κ1) is 23.3. The van der Waals surface area contributed by atoms with Crippen LogP contribution in [-0.2, 0) is 17.6 Å². The topological polar surface area (TPSA) is 86.3 Å². The summed E-state index contributed by atoms with van der Waals surface area (Å²) in [5.41, 5.74) is 5.83. The summed E-state index contributed by atoms with van der Waals surface area (Å²) in [6.07, 6.45) is 3.38. The summed E-state index contributed by atoms with van der Waals surface area (Å²) in [5, 5.41) is 18.8. The van der Waals surface area contributed by atoms with Crippen LogP contribution in [0.4, 0.5) is 11.5 Å². The van der Waals surface area contributed by atoms with Crippen molar-refractivity contribution in [1.82, 2.24) is 10.3 Å². The maximum atomic E-state index is 11.6. The molecule has 0 unspecified atom stereocenters. The molecule has 168 valence electrons. The van der Waals surface area contributed by atoms with Crippen molar-refractivity contribution in [2.45, 2.75) is 32.7 Å². The van der Waals surface area contributed by atoms with Crippen molar-refractivity contribution in [2.75, 3.05) is 30.3 Å². The van der Waals surface area contributed by atoms with Crippen molar-refractivity contribution in [3.8, 4) is 0 Å². The number of aliphatic hydroxyl groups excluding tert-OH is 1. The predicted molar refractivity (Wildman–Crippen MR) is 130 cm³/mol. The molecule has 6 heteroatoms. The molecule has 4 N–H and O–H groups in total. The van der Waals surface area contributed by atoms with E-state index in [4.69, 9.17) is 5.11 Å². The van der Waals surface area contributed by atoms with Crippen LogP contribution in [-0.4, -0.2) is 41.7 Å². The number of pyridine rings is 1. The number of hydrogen-bond acceptors (Lipinski definition) is 5. The Morgan fingerprint density at radius 2 is 1.62 bits per heavy atom. The molecule has 3 rings (SSSR count). The summed E-state index contributed by atoms with van der Waals surface area (Å²) < 4.78 is 0. The van der Waals surface area contributed by atoms with E-state index >= 15 is 0 Å². The Labute approximate surface area is 190 Å². The fourth-order valence-corrected chi connectivity index (χ4v) is 3.43. The highest BCUT2D eigenvalue weighted by Crippen LogP contribution is 2.20. The monoisotopic (exact) mass is 432 g/mol. The second-order valence-corrected chi connectivity index (χ2v) is 8.06. The summed E-state index contributed by atoms with van der Waals surface area (Å²) >= 11 is 0. The summed E-state index contributed by atoms with van der Waals surface area (Å²) in [4.78, 5) is 16.1. The van der Waals surface area contributed by atoms with E-state index < -0.39 is 12.5 Å². The Morgan fingerprint density at radius 1 is 0.969 bits per heavy atom. The average Bonchev–Trinajstić information content (AvgIpc) is 2.81. The highest BCUT2D eigenvalue weighted by Gasteiger charge is 2.14. The minimum Gasteiger partial charge on any atom is -0.387 e. The molecule has 1 amide bonds. The standard InChI is InChI=1S/C26H32N4O2/c1-19-5-9-21(10-6-19)13-15-27-24-4-3-14-28-26(24)30-23(17-29-25(32)18-31)16-22-11-7-20(2)8-12-22/h3-12,14,23,27,31H,13,15-18H2,1-2H3,(H,28,30)(H,29,32)/t23-/m0/s1. The molecule has 1 heterocycles. The molecule has 2 aromatic carbocycles. The maximum Gasteiger partial charge on any atom is 0.245 e. The van der Waals surface area contributed by atoms with Crippen LogP contribution in [0.3, 0.4) is 0 Å². The minimum atomic E-state index is -0.521. The molecule has 6 nitrogen and oxygen atoms in total. The molecular weight excluding hydrogens is 400 g/mol. The predicted octanol–water partition coefficient (Wildman–Crippen LogP) is 3.48. The number of rotatable bonds is 11. The van der Waals surface area contributed by atoms with Crippen molar-refractivity contribution in [3.05, 3.63) is 89.1 Å². The van der Waals surface area contributed by atoms with E-state index in [1.807, 2.05) is 12.1 Å². The number of benzene rings is 2. The lowest BCUT2D eigenvalue weighted by atomic mass is 10.0. The maximum absolute atomic E-state index is 11.6. The van der Waals surface area contributed by atoms with Gasteiger partial charge in [0.25, 0.3) is 0 Å². The Hall–Kier alpha value is -3.38. The number of aliphatic hydroxyl groups is 1. The highest BCUT2D eigenvalue weighted by molar-refractivity contribution is 5.77. The molecule has 1 atom stereocenters. The van der Waals surface area contributed by atoms with Crippen LogP contribution < -0.4 is 16.0 Å². The third-order valence-corrected chi connectivity index (χ3v) is 5.29. The van der Waals surface area contributed by atoms with E-state index in [0.717, 1.165) is 30.0 Å². The van der Waals surface area contributed by atoms with Gasteiger partial charge in [-0.15, -0.1) is 0 Å². The van der Waals surface area contributed by atoms with Crippen LogP contribution in [0.15, 0.2) is 66.9 Å². The summed E-state index contributed by atoms with van der Waals surface area (Å²) in [5.74, 6) is 0.352. The van der Waals surface area contributed by atoms with Gasteiger partial charge in [0.2, 0.25) is 5.91 Å². The van der Waals surface area contributed by atoms with E-state index in [0.29, 0.717) is 13.0 Å². The van der Waals surface area contributed by atoms with Gasteiger partial charge in [-0.3, -0.25) is 4.79 Å². The van der Waals surface area contributed by atoms with Crippen LogP contribution >= 0.6 is 0 Å². The number of carbonyl (C=O) groups excluding carboxylic acids is 1. The lowest BCUT2D eigenvalue weighted by Gasteiger charge is -2.22. The van der Waals surface area contributed by atoms with Gasteiger partial charge in [0.1, 0.15) is 12.4 Å². The molecule has 1 aromatic heterocycles. The van der Waals surface area contributed by atoms with E-state index in [-0.39, 0.29) is 6.04 Å². The molecule has 0 aliphatic rings. The lowest BCUT2D eigenvalue weighted by Crippen LogP contribution is -2.39. The largest absolute Gasteiger partial charge is 0.387 e. The van der Waals surface area contributed by atoms with E-state index in [9.17, 15) is 4.79 Å². The van der Waals surface area contributed by atoms with Gasteiger partial charge in [0, 0.05) is 25.3 Å². The molecule has 0 saturated carbocycles. The zero-order chi connectivity index (χ0) is 22.8. The molecule has 0 aliphatic heterocycles.